The largest absolute Gasteiger partial charge is 0.377 e. The average molecular weight is 476 g/mol. The van der Waals surface area contributed by atoms with Crippen molar-refractivity contribution in [1.29, 1.82) is 0 Å². The smallest absolute Gasteiger partial charge is 0.159 e. The highest BCUT2D eigenvalue weighted by Gasteiger charge is 2.26. The van der Waals surface area contributed by atoms with E-state index in [0.717, 1.165) is 46.1 Å². The van der Waals surface area contributed by atoms with Crippen LogP contribution in [0.2, 0.25) is 0 Å². The van der Waals surface area contributed by atoms with Crippen LogP contribution < -0.4 is 5.32 Å². The summed E-state index contributed by atoms with van der Waals surface area (Å²) in [5, 5.41) is 13.1. The van der Waals surface area contributed by atoms with Crippen molar-refractivity contribution >= 4 is 11.6 Å². The van der Waals surface area contributed by atoms with E-state index in [-0.39, 0.29) is 11.9 Å². The van der Waals surface area contributed by atoms with Gasteiger partial charge in [0.1, 0.15) is 23.8 Å². The number of nitrogens with zero attached hydrogens (tertiary/aromatic N) is 6. The Labute approximate surface area is 204 Å². The summed E-state index contributed by atoms with van der Waals surface area (Å²) >= 11 is 0. The number of aryl methyl sites for hydroxylation is 1. The molecule has 1 aromatic carbocycles. The summed E-state index contributed by atoms with van der Waals surface area (Å²) in [6, 6.07) is 8.34. The first kappa shape index (κ1) is 23.2. The highest BCUT2D eigenvalue weighted by atomic mass is 19.1. The van der Waals surface area contributed by atoms with Gasteiger partial charge in [-0.3, -0.25) is 0 Å². The van der Waals surface area contributed by atoms with Gasteiger partial charge in [0.15, 0.2) is 5.82 Å². The van der Waals surface area contributed by atoms with Crippen LogP contribution in [0.4, 0.5) is 16.0 Å². The summed E-state index contributed by atoms with van der Waals surface area (Å²) in [7, 11) is 1.70. The lowest BCUT2D eigenvalue weighted by Gasteiger charge is -2.12. The molecule has 0 bridgehead atoms. The van der Waals surface area contributed by atoms with Gasteiger partial charge in [0.25, 0.3) is 0 Å². The summed E-state index contributed by atoms with van der Waals surface area (Å²) in [4.78, 5) is 8.93. The first-order chi connectivity index (χ1) is 16.9. The van der Waals surface area contributed by atoms with Gasteiger partial charge >= 0.3 is 0 Å². The van der Waals surface area contributed by atoms with Crippen LogP contribution in [0.15, 0.2) is 36.7 Å². The Hall–Kier alpha value is -3.59. The van der Waals surface area contributed by atoms with Gasteiger partial charge in [0.05, 0.1) is 17.5 Å². The topological polar surface area (TPSA) is 82.7 Å². The zero-order valence-corrected chi connectivity index (χ0v) is 20.7. The average Bonchev–Trinajstić information content (AvgIpc) is 3.56. The quantitative estimate of drug-likeness (QED) is 0.365. The minimum atomic E-state index is -0.261. The lowest BCUT2D eigenvalue weighted by molar-refractivity contribution is 0.118. The third-order valence-electron chi connectivity index (χ3n) is 6.66. The number of aromatic nitrogens is 6. The number of methoxy groups -OCH3 is 1. The molecule has 182 valence electrons. The van der Waals surface area contributed by atoms with E-state index < -0.39 is 0 Å². The van der Waals surface area contributed by atoms with E-state index in [4.69, 9.17) is 14.9 Å². The molecule has 1 aliphatic rings. The number of benzene rings is 1. The molecular formula is C26H30FN7O. The Balaban J connectivity index is 1.50. The molecule has 9 heteroatoms. The third kappa shape index (κ3) is 4.55. The van der Waals surface area contributed by atoms with Gasteiger partial charge in [-0.05, 0) is 70.7 Å². The summed E-state index contributed by atoms with van der Waals surface area (Å²) in [5.41, 5.74) is 5.65. The number of halogens is 1. The zero-order valence-electron chi connectivity index (χ0n) is 20.7. The molecule has 0 amide bonds. The number of nitrogens with one attached hydrogen (secondary N) is 1. The molecule has 8 nitrogen and oxygen atoms in total. The van der Waals surface area contributed by atoms with Crippen LogP contribution in [0, 0.1) is 32.5 Å². The minimum absolute atomic E-state index is 0.0625. The van der Waals surface area contributed by atoms with Crippen molar-refractivity contribution in [3.63, 3.8) is 0 Å². The molecule has 0 saturated heterocycles. The van der Waals surface area contributed by atoms with Gasteiger partial charge in [-0.25, -0.2) is 23.7 Å². The summed E-state index contributed by atoms with van der Waals surface area (Å²) in [6.45, 7) is 8.86. The standard InChI is InChI=1S/C26H30FN7O/c1-15-25(20-8-10-21(27)11-9-20)32-33(13-19-6-7-19)26(15)30-22-12-23(29-14-28-22)34-17(3)24(16(2)31-34)18(4)35-5/h8-12,14,18-19H,6-7,13H2,1-5H3,(H,28,29,30)/t18-/m1/s1. The van der Waals surface area contributed by atoms with E-state index in [9.17, 15) is 4.39 Å². The van der Waals surface area contributed by atoms with Crippen molar-refractivity contribution in [2.75, 3.05) is 12.4 Å². The number of anilines is 2. The molecule has 1 fully saturated rings. The van der Waals surface area contributed by atoms with Gasteiger partial charge in [0, 0.05) is 42.1 Å². The first-order valence-corrected chi connectivity index (χ1v) is 11.9. The summed E-state index contributed by atoms with van der Waals surface area (Å²) in [6.07, 6.45) is 3.89. The molecule has 4 aromatic rings. The molecular weight excluding hydrogens is 445 g/mol. The highest BCUT2D eigenvalue weighted by molar-refractivity contribution is 5.71. The fraction of sp³-hybridized carbons (Fsp3) is 0.385. The number of hydrogen-bond acceptors (Lipinski definition) is 6. The molecule has 3 aromatic heterocycles. The SMILES string of the molecule is CO[C@H](C)c1c(C)nn(-c2cc(Nc3c(C)c(-c4ccc(F)cc4)nn3CC3CC3)ncn2)c1C. The Kier molecular flexibility index (Phi) is 6.10. The number of rotatable bonds is 8. The molecule has 0 radical (unpaired) electrons. The van der Waals surface area contributed by atoms with E-state index in [1.165, 1.54) is 31.3 Å². The predicted molar refractivity (Wildman–Crippen MR) is 132 cm³/mol. The lowest BCUT2D eigenvalue weighted by Crippen LogP contribution is -2.09. The van der Waals surface area contributed by atoms with Gasteiger partial charge in [-0.15, -0.1) is 0 Å². The molecule has 0 aliphatic heterocycles. The fourth-order valence-electron chi connectivity index (χ4n) is 4.51. The van der Waals surface area contributed by atoms with Crippen molar-refractivity contribution in [3.8, 4) is 17.1 Å². The fourth-order valence-corrected chi connectivity index (χ4v) is 4.51. The predicted octanol–water partition coefficient (Wildman–Crippen LogP) is 5.45. The van der Waals surface area contributed by atoms with E-state index in [1.807, 2.05) is 43.1 Å². The maximum atomic E-state index is 13.5. The molecule has 5 rings (SSSR count). The van der Waals surface area contributed by atoms with Gasteiger partial charge in [0.2, 0.25) is 0 Å². The molecule has 35 heavy (non-hydrogen) atoms. The molecule has 1 saturated carbocycles. The van der Waals surface area contributed by atoms with E-state index in [1.54, 1.807) is 19.2 Å². The Bertz CT molecular complexity index is 1360. The molecule has 0 spiro atoms. The van der Waals surface area contributed by atoms with Crippen LogP contribution >= 0.6 is 0 Å². The van der Waals surface area contributed by atoms with Crippen LogP contribution in [0.25, 0.3) is 17.1 Å². The highest BCUT2D eigenvalue weighted by Crippen LogP contribution is 2.35. The first-order valence-electron chi connectivity index (χ1n) is 11.9. The van der Waals surface area contributed by atoms with Gasteiger partial charge in [-0.1, -0.05) is 0 Å². The van der Waals surface area contributed by atoms with Crippen molar-refractivity contribution in [1.82, 2.24) is 29.5 Å². The van der Waals surface area contributed by atoms with Crippen LogP contribution in [0.3, 0.4) is 0 Å². The molecule has 1 atom stereocenters. The number of hydrogen-bond donors (Lipinski definition) is 1. The molecule has 0 unspecified atom stereocenters. The van der Waals surface area contributed by atoms with E-state index in [0.29, 0.717) is 17.6 Å². The van der Waals surface area contributed by atoms with Gasteiger partial charge in [-0.2, -0.15) is 10.2 Å². The summed E-state index contributed by atoms with van der Waals surface area (Å²) < 4.78 is 22.8. The maximum absolute atomic E-state index is 13.5. The van der Waals surface area contributed by atoms with Crippen molar-refractivity contribution < 1.29 is 9.13 Å². The zero-order chi connectivity index (χ0) is 24.7. The molecule has 1 N–H and O–H groups in total. The minimum Gasteiger partial charge on any atom is -0.377 e. The van der Waals surface area contributed by atoms with Crippen molar-refractivity contribution in [2.45, 2.75) is 53.2 Å². The Morgan fingerprint density at radius 1 is 1.11 bits per heavy atom. The second-order valence-corrected chi connectivity index (χ2v) is 9.22. The van der Waals surface area contributed by atoms with Crippen LogP contribution in [0.1, 0.15) is 48.4 Å². The second-order valence-electron chi connectivity index (χ2n) is 9.22. The van der Waals surface area contributed by atoms with Crippen LogP contribution in [-0.2, 0) is 11.3 Å². The second kappa shape index (κ2) is 9.22. The third-order valence-corrected chi connectivity index (χ3v) is 6.66. The number of ether oxygens (including phenoxy) is 1. The van der Waals surface area contributed by atoms with Crippen LogP contribution in [-0.4, -0.2) is 36.6 Å². The Morgan fingerprint density at radius 3 is 2.54 bits per heavy atom. The Morgan fingerprint density at radius 2 is 1.86 bits per heavy atom. The monoisotopic (exact) mass is 475 g/mol. The normalized spacial score (nSPS) is 14.3. The molecule has 1 aliphatic carbocycles. The van der Waals surface area contributed by atoms with Crippen LogP contribution in [0.5, 0.6) is 0 Å². The summed E-state index contributed by atoms with van der Waals surface area (Å²) in [5.74, 6) is 2.57. The maximum Gasteiger partial charge on any atom is 0.159 e. The lowest BCUT2D eigenvalue weighted by atomic mass is 10.1. The molecule has 3 heterocycles. The van der Waals surface area contributed by atoms with Crippen molar-refractivity contribution in [2.24, 2.45) is 5.92 Å². The van der Waals surface area contributed by atoms with E-state index in [2.05, 4.69) is 15.3 Å². The van der Waals surface area contributed by atoms with E-state index >= 15 is 0 Å². The van der Waals surface area contributed by atoms with Crippen molar-refractivity contribution in [3.05, 3.63) is 65.0 Å². The van der Waals surface area contributed by atoms with Gasteiger partial charge < -0.3 is 10.1 Å².